The number of halogens is 1. The van der Waals surface area contributed by atoms with Crippen molar-refractivity contribution in [1.82, 2.24) is 20.2 Å². The van der Waals surface area contributed by atoms with E-state index < -0.39 is 0 Å². The van der Waals surface area contributed by atoms with Gasteiger partial charge in [0.05, 0.1) is 17.2 Å². The van der Waals surface area contributed by atoms with Crippen LogP contribution in [0.3, 0.4) is 0 Å². The van der Waals surface area contributed by atoms with Crippen LogP contribution in [0.25, 0.3) is 5.69 Å². The summed E-state index contributed by atoms with van der Waals surface area (Å²) in [7, 11) is 0. The Hall–Kier alpha value is -2.74. The minimum atomic E-state index is -0.319. The number of nitrogens with zero attached hydrogens (tertiary/aromatic N) is 4. The Morgan fingerprint density at radius 1 is 1.12 bits per heavy atom. The zero-order valence-electron chi connectivity index (χ0n) is 12.6. The number of rotatable bonds is 6. The van der Waals surface area contributed by atoms with Crippen molar-refractivity contribution in [3.63, 3.8) is 0 Å². The van der Waals surface area contributed by atoms with E-state index in [1.807, 2.05) is 30.3 Å². The molecule has 1 aromatic heterocycles. The summed E-state index contributed by atoms with van der Waals surface area (Å²) in [5.41, 5.74) is 1.44. The fourth-order valence-corrected chi connectivity index (χ4v) is 2.75. The molecule has 1 N–H and O–H groups in total. The van der Waals surface area contributed by atoms with Crippen LogP contribution in [0.1, 0.15) is 5.82 Å². The second-order valence-corrected chi connectivity index (χ2v) is 5.88. The molecule has 0 atom stereocenters. The number of anilines is 1. The molecule has 3 aromatic rings. The molecular formula is C16H14FN5OS. The van der Waals surface area contributed by atoms with Gasteiger partial charge in [-0.2, -0.15) is 4.68 Å². The van der Waals surface area contributed by atoms with Crippen LogP contribution in [0.4, 0.5) is 10.1 Å². The van der Waals surface area contributed by atoms with E-state index in [0.29, 0.717) is 17.3 Å². The number of carbonyl (C=O) groups is 1. The Morgan fingerprint density at radius 2 is 1.88 bits per heavy atom. The standard InChI is InChI=1S/C16H14FN5OS/c17-12-6-8-14(9-7-12)22-15(19-20-21-22)10-24-11-16(23)18-13-4-2-1-3-5-13/h1-9H,10-11H2,(H,18,23). The summed E-state index contributed by atoms with van der Waals surface area (Å²) in [5.74, 6) is 0.934. The van der Waals surface area contributed by atoms with Crippen LogP contribution >= 0.6 is 11.8 Å². The molecule has 0 radical (unpaired) electrons. The average molecular weight is 343 g/mol. The normalized spacial score (nSPS) is 10.5. The number of tetrazole rings is 1. The summed E-state index contributed by atoms with van der Waals surface area (Å²) in [6, 6.07) is 15.2. The lowest BCUT2D eigenvalue weighted by Crippen LogP contribution is -2.14. The van der Waals surface area contributed by atoms with Crippen molar-refractivity contribution in [3.8, 4) is 5.69 Å². The van der Waals surface area contributed by atoms with Gasteiger partial charge >= 0.3 is 0 Å². The molecule has 0 bridgehead atoms. The third-order valence-corrected chi connectivity index (χ3v) is 4.06. The van der Waals surface area contributed by atoms with Crippen molar-refractivity contribution in [2.45, 2.75) is 5.75 Å². The van der Waals surface area contributed by atoms with Crippen molar-refractivity contribution in [1.29, 1.82) is 0 Å². The maximum atomic E-state index is 13.0. The number of benzene rings is 2. The predicted molar refractivity (Wildman–Crippen MR) is 90.3 cm³/mol. The van der Waals surface area contributed by atoms with Gasteiger partial charge in [0, 0.05) is 5.69 Å². The number of thioether (sulfide) groups is 1. The highest BCUT2D eigenvalue weighted by molar-refractivity contribution is 7.99. The number of carbonyl (C=O) groups excluding carboxylic acids is 1. The van der Waals surface area contributed by atoms with Crippen LogP contribution in [-0.4, -0.2) is 31.9 Å². The summed E-state index contributed by atoms with van der Waals surface area (Å²) >= 11 is 1.40. The van der Waals surface area contributed by atoms with Crippen LogP contribution in [-0.2, 0) is 10.5 Å². The number of aromatic nitrogens is 4. The van der Waals surface area contributed by atoms with Gasteiger partial charge in [-0.05, 0) is 46.8 Å². The summed E-state index contributed by atoms with van der Waals surface area (Å²) < 4.78 is 14.5. The number of hydrogen-bond acceptors (Lipinski definition) is 5. The smallest absolute Gasteiger partial charge is 0.234 e. The maximum Gasteiger partial charge on any atom is 0.234 e. The average Bonchev–Trinajstić information content (AvgIpc) is 3.05. The van der Waals surface area contributed by atoms with Crippen LogP contribution < -0.4 is 5.32 Å². The van der Waals surface area contributed by atoms with Gasteiger partial charge in [-0.25, -0.2) is 4.39 Å². The quantitative estimate of drug-likeness (QED) is 0.745. The SMILES string of the molecule is O=C(CSCc1nnnn1-c1ccc(F)cc1)Nc1ccccc1. The van der Waals surface area contributed by atoms with E-state index in [0.717, 1.165) is 5.69 Å². The lowest BCUT2D eigenvalue weighted by atomic mass is 10.3. The summed E-state index contributed by atoms with van der Waals surface area (Å²) in [4.78, 5) is 11.9. The van der Waals surface area contributed by atoms with Crippen molar-refractivity contribution in [3.05, 3.63) is 66.2 Å². The molecule has 2 aromatic carbocycles. The molecule has 6 nitrogen and oxygen atoms in total. The molecule has 3 rings (SSSR count). The zero-order chi connectivity index (χ0) is 16.8. The van der Waals surface area contributed by atoms with E-state index in [2.05, 4.69) is 20.8 Å². The van der Waals surface area contributed by atoms with Crippen molar-refractivity contribution >= 4 is 23.4 Å². The molecule has 1 amide bonds. The van der Waals surface area contributed by atoms with Crippen LogP contribution in [0.2, 0.25) is 0 Å². The Morgan fingerprint density at radius 3 is 2.62 bits per heavy atom. The first-order valence-electron chi connectivity index (χ1n) is 7.18. The Kier molecular flexibility index (Phi) is 5.17. The highest BCUT2D eigenvalue weighted by Gasteiger charge is 2.10. The Labute approximate surface area is 142 Å². The van der Waals surface area contributed by atoms with E-state index in [4.69, 9.17) is 0 Å². The molecule has 0 saturated carbocycles. The zero-order valence-corrected chi connectivity index (χ0v) is 13.4. The van der Waals surface area contributed by atoms with Crippen LogP contribution in [0.15, 0.2) is 54.6 Å². The Bertz CT molecular complexity index is 807. The van der Waals surface area contributed by atoms with Gasteiger partial charge in [0.15, 0.2) is 5.82 Å². The molecule has 24 heavy (non-hydrogen) atoms. The largest absolute Gasteiger partial charge is 0.325 e. The summed E-state index contributed by atoms with van der Waals surface area (Å²) in [6.07, 6.45) is 0. The number of amides is 1. The number of nitrogens with one attached hydrogen (secondary N) is 1. The molecular weight excluding hydrogens is 329 g/mol. The first-order valence-corrected chi connectivity index (χ1v) is 8.34. The van der Waals surface area contributed by atoms with Gasteiger partial charge < -0.3 is 5.32 Å². The molecule has 122 valence electrons. The Balaban J connectivity index is 1.55. The van der Waals surface area contributed by atoms with Crippen LogP contribution in [0.5, 0.6) is 0 Å². The topological polar surface area (TPSA) is 72.7 Å². The highest BCUT2D eigenvalue weighted by Crippen LogP contribution is 2.15. The van der Waals surface area contributed by atoms with Crippen LogP contribution in [0, 0.1) is 5.82 Å². The first kappa shape index (κ1) is 16.1. The monoisotopic (exact) mass is 343 g/mol. The molecule has 0 unspecified atom stereocenters. The third-order valence-electron chi connectivity index (χ3n) is 3.13. The second kappa shape index (κ2) is 7.69. The van der Waals surface area contributed by atoms with E-state index in [9.17, 15) is 9.18 Å². The minimum Gasteiger partial charge on any atom is -0.325 e. The second-order valence-electron chi connectivity index (χ2n) is 4.89. The fourth-order valence-electron chi connectivity index (χ4n) is 2.03. The molecule has 8 heteroatoms. The summed E-state index contributed by atoms with van der Waals surface area (Å²) in [6.45, 7) is 0. The van der Waals surface area contributed by atoms with Gasteiger partial charge in [0.1, 0.15) is 5.82 Å². The van der Waals surface area contributed by atoms with Crippen molar-refractivity contribution < 1.29 is 9.18 Å². The van der Waals surface area contributed by atoms with Crippen molar-refractivity contribution in [2.24, 2.45) is 0 Å². The highest BCUT2D eigenvalue weighted by atomic mass is 32.2. The summed E-state index contributed by atoms with van der Waals surface area (Å²) in [5, 5.41) is 14.3. The first-order chi connectivity index (χ1) is 11.7. The van der Waals surface area contributed by atoms with Gasteiger partial charge in [0.2, 0.25) is 5.91 Å². The van der Waals surface area contributed by atoms with E-state index in [1.54, 1.807) is 12.1 Å². The lowest BCUT2D eigenvalue weighted by molar-refractivity contribution is -0.113. The fraction of sp³-hybridized carbons (Fsp3) is 0.125. The van der Waals surface area contributed by atoms with Gasteiger partial charge in [-0.3, -0.25) is 4.79 Å². The molecule has 1 heterocycles. The van der Waals surface area contributed by atoms with Crippen molar-refractivity contribution in [2.75, 3.05) is 11.1 Å². The lowest BCUT2D eigenvalue weighted by Gasteiger charge is -2.06. The molecule has 0 aliphatic heterocycles. The number of para-hydroxylation sites is 1. The van der Waals surface area contributed by atoms with Gasteiger partial charge in [-0.1, -0.05) is 18.2 Å². The molecule has 0 aliphatic carbocycles. The van der Waals surface area contributed by atoms with E-state index in [1.165, 1.54) is 28.6 Å². The number of hydrogen-bond donors (Lipinski definition) is 1. The van der Waals surface area contributed by atoms with E-state index >= 15 is 0 Å². The molecule has 0 fully saturated rings. The van der Waals surface area contributed by atoms with E-state index in [-0.39, 0.29) is 17.5 Å². The van der Waals surface area contributed by atoms with Gasteiger partial charge in [-0.15, -0.1) is 16.9 Å². The molecule has 0 spiro atoms. The molecule has 0 saturated heterocycles. The predicted octanol–water partition coefficient (Wildman–Crippen LogP) is 2.67. The minimum absolute atomic E-state index is 0.0907. The maximum absolute atomic E-state index is 13.0. The molecule has 0 aliphatic rings. The van der Waals surface area contributed by atoms with Gasteiger partial charge in [0.25, 0.3) is 0 Å². The third kappa shape index (κ3) is 4.17.